The predicted octanol–water partition coefficient (Wildman–Crippen LogP) is 1.22. The molecule has 8 nitrogen and oxygen atoms in total. The number of nitrogens with one attached hydrogen (secondary N) is 2. The zero-order chi connectivity index (χ0) is 18.9. The zero-order valence-corrected chi connectivity index (χ0v) is 16.1. The first-order valence-electron chi connectivity index (χ1n) is 8.96. The van der Waals surface area contributed by atoms with Crippen molar-refractivity contribution >= 4 is 5.96 Å². The molecule has 0 atom stereocenters. The molecule has 0 saturated heterocycles. The quantitative estimate of drug-likeness (QED) is 0.290. The van der Waals surface area contributed by atoms with Crippen molar-refractivity contribution in [2.45, 2.75) is 19.9 Å². The third-order valence-electron chi connectivity index (χ3n) is 3.32. The van der Waals surface area contributed by atoms with Crippen LogP contribution >= 0.6 is 0 Å². The average Bonchev–Trinajstić information content (AvgIpc) is 2.66. The summed E-state index contributed by atoms with van der Waals surface area (Å²) >= 11 is 0. The van der Waals surface area contributed by atoms with Crippen LogP contribution in [-0.4, -0.2) is 71.3 Å². The molecule has 2 N–H and O–H groups in total. The summed E-state index contributed by atoms with van der Waals surface area (Å²) in [5.74, 6) is 1.35. The molecule has 0 unspecified atom stereocenters. The van der Waals surface area contributed by atoms with Gasteiger partial charge in [0.15, 0.2) is 5.96 Å². The normalized spacial score (nSPS) is 11.4. The van der Waals surface area contributed by atoms with Crippen LogP contribution in [0.4, 0.5) is 0 Å². The van der Waals surface area contributed by atoms with Crippen LogP contribution in [0.1, 0.15) is 18.9 Å². The minimum absolute atomic E-state index is 0.464. The molecule has 0 aliphatic heterocycles. The topological polar surface area (TPSA) is 86.2 Å². The first kappa shape index (κ1) is 22.1. The van der Waals surface area contributed by atoms with E-state index in [1.165, 1.54) is 0 Å². The van der Waals surface area contributed by atoms with Crippen molar-refractivity contribution < 1.29 is 18.9 Å². The largest absolute Gasteiger partial charge is 0.475 e. The summed E-state index contributed by atoms with van der Waals surface area (Å²) in [7, 11) is 3.31. The Morgan fingerprint density at radius 1 is 1.08 bits per heavy atom. The van der Waals surface area contributed by atoms with E-state index in [9.17, 15) is 0 Å². The lowest BCUT2D eigenvalue weighted by atomic mass is 10.3. The Hall–Kier alpha value is -1.90. The zero-order valence-electron chi connectivity index (χ0n) is 16.1. The Morgan fingerprint density at radius 3 is 2.65 bits per heavy atom. The van der Waals surface area contributed by atoms with Crippen LogP contribution in [0.15, 0.2) is 23.3 Å². The number of methoxy groups -OCH3 is 2. The lowest BCUT2D eigenvalue weighted by Gasteiger charge is -2.12. The highest BCUT2D eigenvalue weighted by Crippen LogP contribution is 2.15. The summed E-state index contributed by atoms with van der Waals surface area (Å²) in [6.07, 6.45) is 2.61. The van der Waals surface area contributed by atoms with Gasteiger partial charge in [-0.2, -0.15) is 0 Å². The number of guanidine groups is 1. The average molecular weight is 368 g/mol. The van der Waals surface area contributed by atoms with E-state index in [1.807, 2.05) is 19.1 Å². The second kappa shape index (κ2) is 15.4. The molecule has 0 spiro atoms. The van der Waals surface area contributed by atoms with Crippen molar-refractivity contribution in [1.82, 2.24) is 15.6 Å². The van der Waals surface area contributed by atoms with Crippen molar-refractivity contribution in [3.05, 3.63) is 23.9 Å². The highest BCUT2D eigenvalue weighted by Gasteiger charge is 2.05. The third-order valence-corrected chi connectivity index (χ3v) is 3.32. The van der Waals surface area contributed by atoms with Crippen LogP contribution in [0.3, 0.4) is 0 Å². The van der Waals surface area contributed by atoms with Gasteiger partial charge in [-0.25, -0.2) is 9.98 Å². The number of rotatable bonds is 14. The van der Waals surface area contributed by atoms with E-state index in [0.29, 0.717) is 45.5 Å². The summed E-state index contributed by atoms with van der Waals surface area (Å²) < 4.78 is 21.0. The summed E-state index contributed by atoms with van der Waals surface area (Å²) in [4.78, 5) is 8.87. The number of hydrogen-bond acceptors (Lipinski definition) is 6. The lowest BCUT2D eigenvalue weighted by Crippen LogP contribution is -2.38. The summed E-state index contributed by atoms with van der Waals surface area (Å²) in [6, 6.07) is 3.84. The lowest BCUT2D eigenvalue weighted by molar-refractivity contribution is 0.0698. The minimum Gasteiger partial charge on any atom is -0.475 e. The molecule has 1 aromatic heterocycles. The van der Waals surface area contributed by atoms with Gasteiger partial charge in [-0.05, 0) is 19.4 Å². The van der Waals surface area contributed by atoms with Crippen LogP contribution in [0.5, 0.6) is 5.88 Å². The second-order valence-corrected chi connectivity index (χ2v) is 5.39. The van der Waals surface area contributed by atoms with Gasteiger partial charge in [0, 0.05) is 45.7 Å². The van der Waals surface area contributed by atoms with Gasteiger partial charge >= 0.3 is 0 Å². The van der Waals surface area contributed by atoms with Gasteiger partial charge in [-0.15, -0.1) is 0 Å². The van der Waals surface area contributed by atoms with Gasteiger partial charge in [0.1, 0.15) is 6.61 Å². The number of ether oxygens (including phenoxy) is 4. The summed E-state index contributed by atoms with van der Waals surface area (Å²) in [5, 5.41) is 6.53. The van der Waals surface area contributed by atoms with Crippen LogP contribution in [0, 0.1) is 0 Å². The number of aliphatic imine (C=N–C) groups is 1. The van der Waals surface area contributed by atoms with Crippen molar-refractivity contribution in [2.24, 2.45) is 4.99 Å². The maximum absolute atomic E-state index is 5.64. The van der Waals surface area contributed by atoms with E-state index >= 15 is 0 Å². The summed E-state index contributed by atoms with van der Waals surface area (Å²) in [5.41, 5.74) is 0.934. The standard InChI is InChI=1S/C18H32N4O4/c1-4-19-18(21-9-6-10-25-13-11-23-2)22-15-16-7-5-8-20-17(16)26-14-12-24-3/h5,7-8H,4,6,9-15H2,1-3H3,(H2,19,21,22). The maximum Gasteiger partial charge on any atom is 0.218 e. The smallest absolute Gasteiger partial charge is 0.218 e. The van der Waals surface area contributed by atoms with Gasteiger partial charge in [-0.1, -0.05) is 6.07 Å². The molecule has 0 bridgehead atoms. The van der Waals surface area contributed by atoms with E-state index in [1.54, 1.807) is 20.4 Å². The van der Waals surface area contributed by atoms with Crippen molar-refractivity contribution in [2.75, 3.05) is 60.3 Å². The van der Waals surface area contributed by atoms with Crippen LogP contribution in [0.2, 0.25) is 0 Å². The van der Waals surface area contributed by atoms with Crippen LogP contribution in [0.25, 0.3) is 0 Å². The molecule has 0 radical (unpaired) electrons. The molecule has 1 rings (SSSR count). The molecule has 8 heteroatoms. The first-order chi connectivity index (χ1) is 12.8. The van der Waals surface area contributed by atoms with Crippen molar-refractivity contribution in [1.29, 1.82) is 0 Å². The van der Waals surface area contributed by atoms with Gasteiger partial charge in [0.25, 0.3) is 0 Å². The molecule has 1 aromatic rings. The maximum atomic E-state index is 5.64. The van der Waals surface area contributed by atoms with E-state index < -0.39 is 0 Å². The Kier molecular flexibility index (Phi) is 13.1. The number of pyridine rings is 1. The van der Waals surface area contributed by atoms with E-state index in [0.717, 1.165) is 31.0 Å². The molecular formula is C18H32N4O4. The fourth-order valence-corrected chi connectivity index (χ4v) is 2.03. The number of aromatic nitrogens is 1. The molecule has 0 aliphatic carbocycles. The van der Waals surface area contributed by atoms with Crippen molar-refractivity contribution in [3.8, 4) is 5.88 Å². The number of hydrogen-bond donors (Lipinski definition) is 2. The van der Waals surface area contributed by atoms with Gasteiger partial charge in [-0.3, -0.25) is 0 Å². The molecule has 0 fully saturated rings. The third kappa shape index (κ3) is 10.2. The van der Waals surface area contributed by atoms with Crippen molar-refractivity contribution in [3.63, 3.8) is 0 Å². The minimum atomic E-state index is 0.464. The molecule has 0 amide bonds. The number of nitrogens with zero attached hydrogens (tertiary/aromatic N) is 2. The molecule has 26 heavy (non-hydrogen) atoms. The monoisotopic (exact) mass is 368 g/mol. The SMILES string of the molecule is CCNC(=NCc1cccnc1OCCOC)NCCCOCCOC. The van der Waals surface area contributed by atoms with Gasteiger partial charge in [0.2, 0.25) is 5.88 Å². The molecule has 0 aliphatic rings. The molecule has 0 aromatic carbocycles. The first-order valence-corrected chi connectivity index (χ1v) is 8.96. The van der Waals surface area contributed by atoms with E-state index in [2.05, 4.69) is 20.6 Å². The van der Waals surface area contributed by atoms with E-state index in [4.69, 9.17) is 18.9 Å². The Bertz CT molecular complexity index is 500. The fraction of sp³-hybridized carbons (Fsp3) is 0.667. The second-order valence-electron chi connectivity index (χ2n) is 5.39. The Balaban J connectivity index is 2.45. The molecule has 148 valence electrons. The molecule has 1 heterocycles. The Morgan fingerprint density at radius 2 is 1.88 bits per heavy atom. The summed E-state index contributed by atoms with van der Waals surface area (Å²) in [6.45, 7) is 7.01. The van der Waals surface area contributed by atoms with Crippen LogP contribution in [-0.2, 0) is 20.8 Å². The van der Waals surface area contributed by atoms with E-state index in [-0.39, 0.29) is 0 Å². The highest BCUT2D eigenvalue weighted by atomic mass is 16.5. The molecule has 0 saturated carbocycles. The molecular weight excluding hydrogens is 336 g/mol. The predicted molar refractivity (Wildman–Crippen MR) is 102 cm³/mol. The fourth-order valence-electron chi connectivity index (χ4n) is 2.03. The highest BCUT2D eigenvalue weighted by molar-refractivity contribution is 5.79. The van der Waals surface area contributed by atoms with Gasteiger partial charge in [0.05, 0.1) is 26.4 Å². The van der Waals surface area contributed by atoms with Gasteiger partial charge < -0.3 is 29.6 Å². The van der Waals surface area contributed by atoms with Crippen LogP contribution < -0.4 is 15.4 Å². The Labute approximate surface area is 156 Å².